The molecule has 0 heterocycles. The Balaban J connectivity index is 2.14. The van der Waals surface area contributed by atoms with Gasteiger partial charge in [0.25, 0.3) is 0 Å². The van der Waals surface area contributed by atoms with Gasteiger partial charge in [0.1, 0.15) is 5.82 Å². The minimum atomic E-state index is -0.255. The van der Waals surface area contributed by atoms with Crippen LogP contribution in [0.3, 0.4) is 0 Å². The van der Waals surface area contributed by atoms with Crippen LogP contribution in [0.4, 0.5) is 10.1 Å². The van der Waals surface area contributed by atoms with Crippen molar-refractivity contribution in [2.45, 2.75) is 13.5 Å². The molecule has 1 N–H and O–H groups in total. The lowest BCUT2D eigenvalue weighted by Gasteiger charge is -2.09. The second-order valence-electron chi connectivity index (χ2n) is 4.08. The summed E-state index contributed by atoms with van der Waals surface area (Å²) in [5.74, 6) is -0.255. The highest BCUT2D eigenvalue weighted by molar-refractivity contribution is 6.42. The van der Waals surface area contributed by atoms with E-state index in [9.17, 15) is 4.39 Å². The highest BCUT2D eigenvalue weighted by atomic mass is 35.5. The molecule has 0 spiro atoms. The second kappa shape index (κ2) is 5.59. The van der Waals surface area contributed by atoms with E-state index in [2.05, 4.69) is 5.32 Å². The third-order valence-corrected chi connectivity index (χ3v) is 3.41. The van der Waals surface area contributed by atoms with E-state index in [0.717, 1.165) is 16.8 Å². The first-order chi connectivity index (χ1) is 8.56. The van der Waals surface area contributed by atoms with Gasteiger partial charge in [0.2, 0.25) is 0 Å². The summed E-state index contributed by atoms with van der Waals surface area (Å²) in [4.78, 5) is 0. The third-order valence-electron chi connectivity index (χ3n) is 2.56. The van der Waals surface area contributed by atoms with Gasteiger partial charge in [-0.15, -0.1) is 0 Å². The van der Waals surface area contributed by atoms with Crippen molar-refractivity contribution in [3.05, 3.63) is 63.4 Å². The number of aryl methyl sites for hydroxylation is 1. The predicted octanol–water partition coefficient (Wildman–Crippen LogP) is 5.05. The summed E-state index contributed by atoms with van der Waals surface area (Å²) in [5.41, 5.74) is 2.48. The van der Waals surface area contributed by atoms with Crippen LogP contribution in [0.2, 0.25) is 10.0 Å². The molecule has 2 aromatic carbocycles. The van der Waals surface area contributed by atoms with Crippen molar-refractivity contribution in [2.24, 2.45) is 0 Å². The molecule has 0 aliphatic carbocycles. The van der Waals surface area contributed by atoms with Gasteiger partial charge < -0.3 is 5.32 Å². The fourth-order valence-corrected chi connectivity index (χ4v) is 2.11. The second-order valence-corrected chi connectivity index (χ2v) is 4.87. The maximum atomic E-state index is 13.2. The van der Waals surface area contributed by atoms with E-state index in [0.29, 0.717) is 16.6 Å². The first-order valence-corrected chi connectivity index (χ1v) is 6.26. The van der Waals surface area contributed by atoms with E-state index in [1.807, 2.05) is 25.1 Å². The zero-order valence-electron chi connectivity index (χ0n) is 9.81. The maximum absolute atomic E-state index is 13.2. The first-order valence-electron chi connectivity index (χ1n) is 5.50. The fraction of sp³-hybridized carbons (Fsp3) is 0.143. The zero-order chi connectivity index (χ0) is 13.1. The van der Waals surface area contributed by atoms with Gasteiger partial charge in [-0.3, -0.25) is 0 Å². The Morgan fingerprint density at radius 3 is 2.67 bits per heavy atom. The monoisotopic (exact) mass is 283 g/mol. The molecule has 0 unspecified atom stereocenters. The molecule has 0 radical (unpaired) electrons. The van der Waals surface area contributed by atoms with Gasteiger partial charge in [-0.2, -0.15) is 0 Å². The molecule has 18 heavy (non-hydrogen) atoms. The lowest BCUT2D eigenvalue weighted by Crippen LogP contribution is -2.01. The standard InChI is InChI=1S/C14H12Cl2FN/c1-9-5-11(17)7-12(6-9)18-8-10-3-2-4-13(15)14(10)16/h2-7,18H,8H2,1H3. The number of hydrogen-bond donors (Lipinski definition) is 1. The molecule has 0 aliphatic heterocycles. The van der Waals surface area contributed by atoms with E-state index in [4.69, 9.17) is 23.2 Å². The average Bonchev–Trinajstić information content (AvgIpc) is 2.30. The first kappa shape index (κ1) is 13.2. The molecule has 0 atom stereocenters. The van der Waals surface area contributed by atoms with Crippen LogP contribution in [0.15, 0.2) is 36.4 Å². The average molecular weight is 284 g/mol. The van der Waals surface area contributed by atoms with Gasteiger partial charge in [-0.25, -0.2) is 4.39 Å². The van der Waals surface area contributed by atoms with Gasteiger partial charge in [-0.05, 0) is 42.3 Å². The predicted molar refractivity (Wildman–Crippen MR) is 74.9 cm³/mol. The Labute approximate surface area is 116 Å². The van der Waals surface area contributed by atoms with Crippen LogP contribution in [-0.2, 0) is 6.54 Å². The third kappa shape index (κ3) is 3.15. The summed E-state index contributed by atoms with van der Waals surface area (Å²) in [6, 6.07) is 10.3. The number of nitrogens with one attached hydrogen (secondary N) is 1. The lowest BCUT2D eigenvalue weighted by atomic mass is 10.2. The number of halogens is 3. The van der Waals surface area contributed by atoms with Crippen LogP contribution >= 0.6 is 23.2 Å². The van der Waals surface area contributed by atoms with Crippen molar-refractivity contribution in [3.8, 4) is 0 Å². The molecule has 0 aliphatic rings. The van der Waals surface area contributed by atoms with Crippen molar-refractivity contribution >= 4 is 28.9 Å². The smallest absolute Gasteiger partial charge is 0.125 e. The summed E-state index contributed by atoms with van der Waals surface area (Å²) < 4.78 is 13.2. The van der Waals surface area contributed by atoms with Crippen LogP contribution < -0.4 is 5.32 Å². The van der Waals surface area contributed by atoms with Crippen molar-refractivity contribution < 1.29 is 4.39 Å². The molecule has 2 aromatic rings. The number of anilines is 1. The normalized spacial score (nSPS) is 10.4. The van der Waals surface area contributed by atoms with Crippen LogP contribution in [0.25, 0.3) is 0 Å². The maximum Gasteiger partial charge on any atom is 0.125 e. The Hall–Kier alpha value is -1.25. The molecule has 0 amide bonds. The van der Waals surface area contributed by atoms with E-state index >= 15 is 0 Å². The Bertz CT molecular complexity index is 549. The number of hydrogen-bond acceptors (Lipinski definition) is 1. The van der Waals surface area contributed by atoms with Gasteiger partial charge >= 0.3 is 0 Å². The summed E-state index contributed by atoms with van der Waals surface area (Å²) in [6.07, 6.45) is 0. The molecular formula is C14H12Cl2FN. The summed E-state index contributed by atoms with van der Waals surface area (Å²) in [5, 5.41) is 4.17. The molecule has 0 saturated heterocycles. The Morgan fingerprint density at radius 1 is 1.17 bits per heavy atom. The quantitative estimate of drug-likeness (QED) is 0.831. The van der Waals surface area contributed by atoms with Crippen molar-refractivity contribution in [3.63, 3.8) is 0 Å². The van der Waals surface area contributed by atoms with Gasteiger partial charge in [0, 0.05) is 12.2 Å². The minimum Gasteiger partial charge on any atom is -0.381 e. The minimum absolute atomic E-state index is 0.255. The van der Waals surface area contributed by atoms with E-state index in [-0.39, 0.29) is 5.82 Å². The van der Waals surface area contributed by atoms with Crippen LogP contribution in [-0.4, -0.2) is 0 Å². The molecular weight excluding hydrogens is 272 g/mol. The van der Waals surface area contributed by atoms with Crippen molar-refractivity contribution in [1.82, 2.24) is 0 Å². The molecule has 0 saturated carbocycles. The molecule has 4 heteroatoms. The Morgan fingerprint density at radius 2 is 1.94 bits per heavy atom. The topological polar surface area (TPSA) is 12.0 Å². The van der Waals surface area contributed by atoms with E-state index < -0.39 is 0 Å². The van der Waals surface area contributed by atoms with Gasteiger partial charge in [-0.1, -0.05) is 35.3 Å². The molecule has 94 valence electrons. The van der Waals surface area contributed by atoms with Crippen molar-refractivity contribution in [2.75, 3.05) is 5.32 Å². The molecule has 1 nitrogen and oxygen atoms in total. The molecule has 0 bridgehead atoms. The molecule has 0 aromatic heterocycles. The highest BCUT2D eigenvalue weighted by Gasteiger charge is 2.04. The fourth-order valence-electron chi connectivity index (χ4n) is 1.72. The lowest BCUT2D eigenvalue weighted by molar-refractivity contribution is 0.627. The van der Waals surface area contributed by atoms with Gasteiger partial charge in [0.05, 0.1) is 10.0 Å². The van der Waals surface area contributed by atoms with Crippen LogP contribution in [0, 0.1) is 12.7 Å². The van der Waals surface area contributed by atoms with Crippen LogP contribution in [0.1, 0.15) is 11.1 Å². The SMILES string of the molecule is Cc1cc(F)cc(NCc2cccc(Cl)c2Cl)c1. The van der Waals surface area contributed by atoms with E-state index in [1.165, 1.54) is 12.1 Å². The van der Waals surface area contributed by atoms with Gasteiger partial charge in [0.15, 0.2) is 0 Å². The summed E-state index contributed by atoms with van der Waals surface area (Å²) in [7, 11) is 0. The Kier molecular flexibility index (Phi) is 4.10. The molecule has 0 fully saturated rings. The number of rotatable bonds is 3. The number of benzene rings is 2. The zero-order valence-corrected chi connectivity index (χ0v) is 11.3. The summed E-state index contributed by atoms with van der Waals surface area (Å²) in [6.45, 7) is 2.35. The van der Waals surface area contributed by atoms with Crippen molar-refractivity contribution in [1.29, 1.82) is 0 Å². The molecule has 2 rings (SSSR count). The summed E-state index contributed by atoms with van der Waals surface area (Å²) >= 11 is 12.0. The van der Waals surface area contributed by atoms with Crippen LogP contribution in [0.5, 0.6) is 0 Å². The van der Waals surface area contributed by atoms with E-state index in [1.54, 1.807) is 6.07 Å². The largest absolute Gasteiger partial charge is 0.381 e. The highest BCUT2D eigenvalue weighted by Crippen LogP contribution is 2.26.